The summed E-state index contributed by atoms with van der Waals surface area (Å²) in [6.45, 7) is 6.18. The minimum absolute atomic E-state index is 0.106. The summed E-state index contributed by atoms with van der Waals surface area (Å²) in [4.78, 5) is 16.7. The van der Waals surface area contributed by atoms with Crippen molar-refractivity contribution in [2.45, 2.75) is 13.8 Å². The number of hydrogen-bond donors (Lipinski definition) is 0. The molecule has 0 N–H and O–H groups in total. The number of nitrogens with zero attached hydrogens (tertiary/aromatic N) is 3. The third-order valence-electron chi connectivity index (χ3n) is 3.68. The van der Waals surface area contributed by atoms with Crippen LogP contribution in [0.25, 0.3) is 0 Å². The second-order valence-electron chi connectivity index (χ2n) is 5.43. The van der Waals surface area contributed by atoms with Crippen molar-refractivity contribution in [1.29, 1.82) is 0 Å². The first kappa shape index (κ1) is 17.5. The van der Waals surface area contributed by atoms with Crippen molar-refractivity contribution < 1.29 is 10.0 Å². The van der Waals surface area contributed by atoms with Crippen LogP contribution in [0.2, 0.25) is 0 Å². The van der Waals surface area contributed by atoms with Gasteiger partial charge in [0.05, 0.1) is 11.5 Å². The lowest BCUT2D eigenvalue weighted by atomic mass is 10.2. The Morgan fingerprint density at radius 3 is 2.71 bits per heavy atom. The van der Waals surface area contributed by atoms with E-state index in [0.29, 0.717) is 13.1 Å². The molecule has 0 fully saturated rings. The fourth-order valence-corrected chi connectivity index (χ4v) is 2.39. The molecule has 24 heavy (non-hydrogen) atoms. The number of hydrogen-bond acceptors (Lipinski definition) is 5. The van der Waals surface area contributed by atoms with Gasteiger partial charge < -0.3 is 10.0 Å². The smallest absolute Gasteiger partial charge is 0.270 e. The third-order valence-corrected chi connectivity index (χ3v) is 3.68. The second-order valence-corrected chi connectivity index (χ2v) is 5.43. The van der Waals surface area contributed by atoms with Crippen LogP contribution in [0.15, 0.2) is 47.5 Å². The van der Waals surface area contributed by atoms with Gasteiger partial charge in [-0.15, -0.1) is 0 Å². The summed E-state index contributed by atoms with van der Waals surface area (Å²) in [6, 6.07) is 11.9. The number of anilines is 1. The van der Waals surface area contributed by atoms with E-state index < -0.39 is 4.92 Å². The van der Waals surface area contributed by atoms with E-state index in [-0.39, 0.29) is 17.0 Å². The van der Waals surface area contributed by atoms with Crippen molar-refractivity contribution >= 4 is 17.6 Å². The molecule has 126 valence electrons. The number of aryl methyl sites for hydroxylation is 1. The Kier molecular flexibility index (Phi) is 5.89. The molecule has 0 unspecified atom stereocenters. The molecule has 0 saturated heterocycles. The van der Waals surface area contributed by atoms with Crippen LogP contribution >= 0.6 is 0 Å². The highest BCUT2D eigenvalue weighted by Crippen LogP contribution is 2.19. The van der Waals surface area contributed by atoms with Crippen molar-refractivity contribution in [3.63, 3.8) is 0 Å². The minimum Gasteiger partial charge on any atom is -0.872 e. The summed E-state index contributed by atoms with van der Waals surface area (Å²) in [5, 5.41) is 22.5. The van der Waals surface area contributed by atoms with E-state index in [2.05, 4.69) is 28.9 Å². The molecule has 0 aliphatic heterocycles. The van der Waals surface area contributed by atoms with Crippen LogP contribution in [-0.4, -0.2) is 30.8 Å². The van der Waals surface area contributed by atoms with E-state index >= 15 is 0 Å². The topological polar surface area (TPSA) is 81.8 Å². The molecule has 0 saturated carbocycles. The van der Waals surface area contributed by atoms with E-state index in [1.165, 1.54) is 30.0 Å². The fourth-order valence-electron chi connectivity index (χ4n) is 2.39. The molecule has 0 radical (unpaired) electrons. The molecule has 0 amide bonds. The average Bonchev–Trinajstić information content (AvgIpc) is 2.56. The standard InChI is InChI=1S/C18H21N3O3/c1-3-20(16-6-4-5-14(2)11-16)10-9-19-13-15-12-17(21(23)24)7-8-18(15)22/h4-8,11-13,22H,3,9-10H2,1-2H3/p-1. The summed E-state index contributed by atoms with van der Waals surface area (Å²) < 4.78 is 0. The molecule has 6 nitrogen and oxygen atoms in total. The van der Waals surface area contributed by atoms with E-state index in [9.17, 15) is 15.2 Å². The van der Waals surface area contributed by atoms with Gasteiger partial charge >= 0.3 is 0 Å². The van der Waals surface area contributed by atoms with E-state index in [1.54, 1.807) is 0 Å². The Labute approximate surface area is 141 Å². The van der Waals surface area contributed by atoms with Gasteiger partial charge in [0.1, 0.15) is 0 Å². The van der Waals surface area contributed by atoms with Gasteiger partial charge in [0, 0.05) is 37.1 Å². The van der Waals surface area contributed by atoms with E-state index in [4.69, 9.17) is 0 Å². The molecule has 0 bridgehead atoms. The van der Waals surface area contributed by atoms with Crippen molar-refractivity contribution in [1.82, 2.24) is 0 Å². The first-order valence-corrected chi connectivity index (χ1v) is 7.78. The number of aliphatic imine (C=N–C) groups is 1. The molecule has 2 rings (SSSR count). The number of nitro benzene ring substituents is 1. The highest BCUT2D eigenvalue weighted by molar-refractivity contribution is 5.84. The lowest BCUT2D eigenvalue weighted by Crippen LogP contribution is -2.25. The van der Waals surface area contributed by atoms with Crippen LogP contribution in [-0.2, 0) is 0 Å². The second kappa shape index (κ2) is 8.10. The molecular weight excluding hydrogens is 306 g/mol. The maximum absolute atomic E-state index is 11.7. The van der Waals surface area contributed by atoms with E-state index in [0.717, 1.165) is 12.2 Å². The number of likely N-dealkylation sites (N-methyl/N-ethyl adjacent to an activating group) is 1. The average molecular weight is 326 g/mol. The third kappa shape index (κ3) is 4.55. The Morgan fingerprint density at radius 2 is 2.04 bits per heavy atom. The van der Waals surface area contributed by atoms with Gasteiger partial charge in [-0.3, -0.25) is 15.1 Å². The number of non-ortho nitro benzene ring substituents is 1. The predicted octanol–water partition coefficient (Wildman–Crippen LogP) is 2.92. The molecule has 2 aromatic carbocycles. The number of benzene rings is 2. The van der Waals surface area contributed by atoms with Gasteiger partial charge in [0.25, 0.3) is 5.69 Å². The zero-order valence-electron chi connectivity index (χ0n) is 13.8. The Morgan fingerprint density at radius 1 is 1.25 bits per heavy atom. The van der Waals surface area contributed by atoms with Gasteiger partial charge in [0.2, 0.25) is 0 Å². The van der Waals surface area contributed by atoms with Gasteiger partial charge in [-0.1, -0.05) is 23.9 Å². The van der Waals surface area contributed by atoms with Gasteiger partial charge in [-0.05, 0) is 37.1 Å². The predicted molar refractivity (Wildman–Crippen MR) is 94.1 cm³/mol. The first-order valence-electron chi connectivity index (χ1n) is 7.78. The van der Waals surface area contributed by atoms with Gasteiger partial charge in [-0.25, -0.2) is 0 Å². The maximum Gasteiger partial charge on any atom is 0.270 e. The molecule has 0 atom stereocenters. The van der Waals surface area contributed by atoms with Crippen LogP contribution in [0.3, 0.4) is 0 Å². The molecule has 0 spiro atoms. The molecule has 0 aliphatic rings. The van der Waals surface area contributed by atoms with Crippen molar-refractivity contribution in [3.05, 3.63) is 63.7 Å². The first-order chi connectivity index (χ1) is 11.5. The summed E-state index contributed by atoms with van der Waals surface area (Å²) in [5.74, 6) is -0.268. The Bertz CT molecular complexity index is 744. The molecule has 0 heterocycles. The largest absolute Gasteiger partial charge is 0.872 e. The minimum atomic E-state index is -0.521. The van der Waals surface area contributed by atoms with Gasteiger partial charge in [-0.2, -0.15) is 0 Å². The van der Waals surface area contributed by atoms with Crippen LogP contribution in [0.4, 0.5) is 11.4 Å². The zero-order valence-corrected chi connectivity index (χ0v) is 13.8. The highest BCUT2D eigenvalue weighted by Gasteiger charge is 2.06. The summed E-state index contributed by atoms with van der Waals surface area (Å²) >= 11 is 0. The molecule has 0 aliphatic carbocycles. The molecule has 0 aromatic heterocycles. The van der Waals surface area contributed by atoms with E-state index in [1.807, 2.05) is 19.1 Å². The summed E-state index contributed by atoms with van der Waals surface area (Å²) in [6.07, 6.45) is 1.42. The number of nitro groups is 1. The molecule has 2 aromatic rings. The number of rotatable bonds is 7. The molecular formula is C18H20N3O3-. The van der Waals surface area contributed by atoms with Gasteiger partial charge in [0.15, 0.2) is 0 Å². The van der Waals surface area contributed by atoms with Crippen molar-refractivity contribution in [2.24, 2.45) is 4.99 Å². The lowest BCUT2D eigenvalue weighted by molar-refractivity contribution is -0.385. The SMILES string of the molecule is CCN(CCN=Cc1cc([N+](=O)[O-])ccc1[O-])c1cccc(C)c1. The zero-order chi connectivity index (χ0) is 17.5. The summed E-state index contributed by atoms with van der Waals surface area (Å²) in [7, 11) is 0. The normalized spacial score (nSPS) is 10.9. The Hall–Kier alpha value is -2.89. The van der Waals surface area contributed by atoms with Crippen LogP contribution in [0, 0.1) is 17.0 Å². The van der Waals surface area contributed by atoms with Crippen LogP contribution in [0.5, 0.6) is 5.75 Å². The monoisotopic (exact) mass is 326 g/mol. The lowest BCUT2D eigenvalue weighted by Gasteiger charge is -2.22. The summed E-state index contributed by atoms with van der Waals surface area (Å²) in [5.41, 5.74) is 2.46. The fraction of sp³-hybridized carbons (Fsp3) is 0.278. The van der Waals surface area contributed by atoms with Crippen molar-refractivity contribution in [2.75, 3.05) is 24.5 Å². The molecule has 6 heteroatoms. The quantitative estimate of drug-likeness (QED) is 0.445. The van der Waals surface area contributed by atoms with Crippen LogP contribution in [0.1, 0.15) is 18.1 Å². The highest BCUT2D eigenvalue weighted by atomic mass is 16.6. The van der Waals surface area contributed by atoms with Crippen LogP contribution < -0.4 is 10.0 Å². The Balaban J connectivity index is 2.01. The van der Waals surface area contributed by atoms with Crippen molar-refractivity contribution in [3.8, 4) is 5.75 Å². The maximum atomic E-state index is 11.7.